The number of hydrogen-bond donors (Lipinski definition) is 1. The van der Waals surface area contributed by atoms with Crippen LogP contribution < -0.4 is 5.32 Å². The molecule has 1 aromatic rings. The summed E-state index contributed by atoms with van der Waals surface area (Å²) in [5.41, 5.74) is 1.74. The van der Waals surface area contributed by atoms with Gasteiger partial charge in [0.15, 0.2) is 0 Å². The second-order valence-electron chi connectivity index (χ2n) is 5.25. The molecule has 1 fully saturated rings. The van der Waals surface area contributed by atoms with Crippen molar-refractivity contribution in [2.24, 2.45) is 0 Å². The number of allylic oxidation sites excluding steroid dienone is 1. The van der Waals surface area contributed by atoms with E-state index in [1.165, 1.54) is 12.1 Å². The van der Waals surface area contributed by atoms with Crippen LogP contribution in [0.1, 0.15) is 25.3 Å². The summed E-state index contributed by atoms with van der Waals surface area (Å²) < 4.78 is 12.9. The van der Waals surface area contributed by atoms with Gasteiger partial charge in [0.2, 0.25) is 5.91 Å². The minimum Gasteiger partial charge on any atom is -0.338 e. The first-order chi connectivity index (χ1) is 9.60. The predicted molar refractivity (Wildman–Crippen MR) is 86.0 cm³/mol. The van der Waals surface area contributed by atoms with Crippen molar-refractivity contribution in [3.63, 3.8) is 0 Å². The summed E-state index contributed by atoms with van der Waals surface area (Å²) in [6, 6.07) is 6.60. The molecular formula is C16H22ClFN2O. The molecule has 1 aliphatic heterocycles. The topological polar surface area (TPSA) is 32.3 Å². The van der Waals surface area contributed by atoms with Gasteiger partial charge in [-0.05, 0) is 50.1 Å². The average molecular weight is 313 g/mol. The van der Waals surface area contributed by atoms with E-state index < -0.39 is 0 Å². The number of piperidine rings is 1. The Morgan fingerprint density at radius 2 is 2.05 bits per heavy atom. The SMILES string of the molecule is CNC1CCCN(C(=O)/C=C(\C)c2ccc(F)cc2)C1.Cl. The molecule has 1 heterocycles. The molecule has 2 rings (SSSR count). The number of likely N-dealkylation sites (N-methyl/N-ethyl adjacent to an activating group) is 1. The standard InChI is InChI=1S/C16H21FN2O.ClH/c1-12(13-5-7-14(17)8-6-13)10-16(20)19-9-3-4-15(11-19)18-2;/h5-8,10,15,18H,3-4,9,11H2,1-2H3;1H/b12-10+;. The second kappa shape index (κ2) is 8.15. The highest BCUT2D eigenvalue weighted by Crippen LogP contribution is 2.16. The Bertz CT molecular complexity index is 502. The quantitative estimate of drug-likeness (QED) is 0.871. The normalized spacial score (nSPS) is 19.1. The maximum atomic E-state index is 12.9. The van der Waals surface area contributed by atoms with E-state index in [4.69, 9.17) is 0 Å². The average Bonchev–Trinajstić information content (AvgIpc) is 2.47. The third kappa shape index (κ3) is 4.83. The fraction of sp³-hybridized carbons (Fsp3) is 0.438. The van der Waals surface area contributed by atoms with Crippen molar-refractivity contribution in [3.8, 4) is 0 Å². The molecule has 0 saturated carbocycles. The molecule has 1 N–H and O–H groups in total. The first kappa shape index (κ1) is 17.7. The van der Waals surface area contributed by atoms with Crippen LogP contribution in [-0.4, -0.2) is 37.0 Å². The molecule has 116 valence electrons. The number of benzene rings is 1. The monoisotopic (exact) mass is 312 g/mol. The highest BCUT2D eigenvalue weighted by Gasteiger charge is 2.21. The largest absolute Gasteiger partial charge is 0.338 e. The molecule has 1 unspecified atom stereocenters. The van der Waals surface area contributed by atoms with Gasteiger partial charge in [-0.25, -0.2) is 4.39 Å². The first-order valence-electron chi connectivity index (χ1n) is 7.00. The van der Waals surface area contributed by atoms with Gasteiger partial charge in [0.25, 0.3) is 0 Å². The van der Waals surface area contributed by atoms with Crippen LogP contribution in [-0.2, 0) is 4.79 Å². The fourth-order valence-corrected chi connectivity index (χ4v) is 2.49. The van der Waals surface area contributed by atoms with Crippen molar-refractivity contribution in [2.75, 3.05) is 20.1 Å². The Hall–Kier alpha value is -1.39. The van der Waals surface area contributed by atoms with E-state index in [0.29, 0.717) is 6.04 Å². The van der Waals surface area contributed by atoms with Crippen molar-refractivity contribution < 1.29 is 9.18 Å². The van der Waals surface area contributed by atoms with Gasteiger partial charge < -0.3 is 10.2 Å². The van der Waals surface area contributed by atoms with Gasteiger partial charge in [-0.15, -0.1) is 12.4 Å². The van der Waals surface area contributed by atoms with Crippen LogP contribution >= 0.6 is 12.4 Å². The number of hydrogen-bond acceptors (Lipinski definition) is 2. The van der Waals surface area contributed by atoms with Crippen molar-refractivity contribution in [1.82, 2.24) is 10.2 Å². The van der Waals surface area contributed by atoms with Gasteiger partial charge in [-0.1, -0.05) is 12.1 Å². The minimum absolute atomic E-state index is 0. The maximum absolute atomic E-state index is 12.9. The molecule has 1 aliphatic rings. The van der Waals surface area contributed by atoms with Gasteiger partial charge in [0.1, 0.15) is 5.82 Å². The highest BCUT2D eigenvalue weighted by molar-refractivity contribution is 5.94. The van der Waals surface area contributed by atoms with Crippen LogP contribution in [0.4, 0.5) is 4.39 Å². The predicted octanol–water partition coefficient (Wildman–Crippen LogP) is 2.86. The zero-order valence-electron chi connectivity index (χ0n) is 12.4. The Labute approximate surface area is 131 Å². The first-order valence-corrected chi connectivity index (χ1v) is 7.00. The van der Waals surface area contributed by atoms with Gasteiger partial charge >= 0.3 is 0 Å². The third-order valence-corrected chi connectivity index (χ3v) is 3.78. The number of nitrogens with one attached hydrogen (secondary N) is 1. The molecule has 1 saturated heterocycles. The number of amides is 1. The molecule has 1 amide bonds. The summed E-state index contributed by atoms with van der Waals surface area (Å²) in [6.45, 7) is 3.44. The Balaban J connectivity index is 0.00000220. The molecular weight excluding hydrogens is 291 g/mol. The lowest BCUT2D eigenvalue weighted by Crippen LogP contribution is -2.46. The zero-order valence-corrected chi connectivity index (χ0v) is 13.3. The number of carbonyl (C=O) groups excluding carboxylic acids is 1. The molecule has 3 nitrogen and oxygen atoms in total. The number of nitrogens with zero attached hydrogens (tertiary/aromatic N) is 1. The molecule has 0 aliphatic carbocycles. The molecule has 0 spiro atoms. The number of rotatable bonds is 3. The molecule has 5 heteroatoms. The van der Waals surface area contributed by atoms with E-state index >= 15 is 0 Å². The van der Waals surface area contributed by atoms with Crippen molar-refractivity contribution >= 4 is 23.9 Å². The van der Waals surface area contributed by atoms with Gasteiger partial charge in [0, 0.05) is 25.2 Å². The second-order valence-corrected chi connectivity index (χ2v) is 5.25. The highest BCUT2D eigenvalue weighted by atomic mass is 35.5. The van der Waals surface area contributed by atoms with Gasteiger partial charge in [-0.3, -0.25) is 4.79 Å². The van der Waals surface area contributed by atoms with Gasteiger partial charge in [-0.2, -0.15) is 0 Å². The Morgan fingerprint density at radius 1 is 1.38 bits per heavy atom. The van der Waals surface area contributed by atoms with Crippen LogP contribution in [0.25, 0.3) is 5.57 Å². The van der Waals surface area contributed by atoms with E-state index in [0.717, 1.165) is 37.1 Å². The maximum Gasteiger partial charge on any atom is 0.246 e. The number of carbonyl (C=O) groups is 1. The van der Waals surface area contributed by atoms with Crippen LogP contribution in [0.15, 0.2) is 30.3 Å². The van der Waals surface area contributed by atoms with Crippen LogP contribution in [0, 0.1) is 5.82 Å². The van der Waals surface area contributed by atoms with Crippen LogP contribution in [0.3, 0.4) is 0 Å². The van der Waals surface area contributed by atoms with E-state index in [2.05, 4.69) is 5.32 Å². The van der Waals surface area contributed by atoms with Gasteiger partial charge in [0.05, 0.1) is 0 Å². The van der Waals surface area contributed by atoms with Crippen LogP contribution in [0.2, 0.25) is 0 Å². The van der Waals surface area contributed by atoms with Crippen molar-refractivity contribution in [2.45, 2.75) is 25.8 Å². The summed E-state index contributed by atoms with van der Waals surface area (Å²) in [7, 11) is 1.93. The smallest absolute Gasteiger partial charge is 0.246 e. The summed E-state index contributed by atoms with van der Waals surface area (Å²) in [4.78, 5) is 14.1. The number of likely N-dealkylation sites (tertiary alicyclic amines) is 1. The molecule has 21 heavy (non-hydrogen) atoms. The lowest BCUT2D eigenvalue weighted by atomic mass is 10.0. The van der Waals surface area contributed by atoms with E-state index in [1.54, 1.807) is 18.2 Å². The Kier molecular flexibility index (Phi) is 6.85. The minimum atomic E-state index is -0.263. The molecule has 0 bridgehead atoms. The van der Waals surface area contributed by atoms with Crippen molar-refractivity contribution in [3.05, 3.63) is 41.7 Å². The van der Waals surface area contributed by atoms with E-state index in [1.807, 2.05) is 18.9 Å². The summed E-state index contributed by atoms with van der Waals surface area (Å²) in [5, 5.41) is 3.22. The fourth-order valence-electron chi connectivity index (χ4n) is 2.49. The van der Waals surface area contributed by atoms with Crippen molar-refractivity contribution in [1.29, 1.82) is 0 Å². The summed E-state index contributed by atoms with van der Waals surface area (Å²) >= 11 is 0. The number of halogens is 2. The van der Waals surface area contributed by atoms with Crippen LogP contribution in [0.5, 0.6) is 0 Å². The Morgan fingerprint density at radius 3 is 2.67 bits per heavy atom. The molecule has 0 aromatic heterocycles. The molecule has 0 radical (unpaired) electrons. The molecule has 1 atom stereocenters. The third-order valence-electron chi connectivity index (χ3n) is 3.78. The lowest BCUT2D eigenvalue weighted by Gasteiger charge is -2.32. The summed E-state index contributed by atoms with van der Waals surface area (Å²) in [5.74, 6) is -0.229. The lowest BCUT2D eigenvalue weighted by molar-refractivity contribution is -0.127. The zero-order chi connectivity index (χ0) is 14.5. The molecule has 1 aromatic carbocycles. The van der Waals surface area contributed by atoms with E-state index in [9.17, 15) is 9.18 Å². The summed E-state index contributed by atoms with van der Waals surface area (Å²) in [6.07, 6.45) is 3.78. The van der Waals surface area contributed by atoms with E-state index in [-0.39, 0.29) is 24.1 Å².